The Labute approximate surface area is 174 Å². The van der Waals surface area contributed by atoms with Crippen LogP contribution in [0.15, 0.2) is 30.3 Å². The number of Topliss-reactive ketones (excluding diaryl/α,β-unsaturated/α-hetero) is 2. The largest absolute Gasteiger partial charge is 0.368 e. The van der Waals surface area contributed by atoms with Crippen LogP contribution in [0.1, 0.15) is 50.7 Å². The highest BCUT2D eigenvalue weighted by Crippen LogP contribution is 2.62. The first kappa shape index (κ1) is 18.5. The number of benzene rings is 1. The number of halogens is 1. The molecule has 2 aliphatic heterocycles. The summed E-state index contributed by atoms with van der Waals surface area (Å²) in [6.07, 6.45) is 2.49. The molecule has 1 saturated carbocycles. The lowest BCUT2D eigenvalue weighted by atomic mass is 9.69. The molecule has 1 aromatic heterocycles. The van der Waals surface area contributed by atoms with Gasteiger partial charge in [0.1, 0.15) is 5.92 Å². The van der Waals surface area contributed by atoms with Crippen LogP contribution >= 0.6 is 22.9 Å². The van der Waals surface area contributed by atoms with Crippen LogP contribution in [0.3, 0.4) is 0 Å². The van der Waals surface area contributed by atoms with Crippen molar-refractivity contribution in [3.63, 3.8) is 0 Å². The standard InChI is InChI=1S/C23H23ClO3S/c1-4-12-5-6-13(15-7-8-16(24)28-15)11-14(12)17-20(25)18-19(21(17)26)23(3)10-9-22(18,2)27-23/h5-8,11,17-19H,4,9-10H2,1-3H3/t17?,18-,19+,22-,23+. The van der Waals surface area contributed by atoms with Gasteiger partial charge in [-0.3, -0.25) is 9.59 Å². The van der Waals surface area contributed by atoms with Crippen LogP contribution in [0, 0.1) is 11.8 Å². The van der Waals surface area contributed by atoms with E-state index in [9.17, 15) is 9.59 Å². The molecular formula is C23H23ClO3S. The van der Waals surface area contributed by atoms with E-state index in [1.54, 1.807) is 0 Å². The summed E-state index contributed by atoms with van der Waals surface area (Å²) < 4.78 is 6.97. The van der Waals surface area contributed by atoms with Crippen LogP contribution in [0.2, 0.25) is 4.34 Å². The highest BCUT2D eigenvalue weighted by atomic mass is 35.5. The average Bonchev–Trinajstić information content (AvgIpc) is 3.35. The van der Waals surface area contributed by atoms with Gasteiger partial charge in [0.2, 0.25) is 0 Å². The van der Waals surface area contributed by atoms with Gasteiger partial charge in [-0.05, 0) is 68.0 Å². The monoisotopic (exact) mass is 414 g/mol. The van der Waals surface area contributed by atoms with Gasteiger partial charge < -0.3 is 4.74 Å². The van der Waals surface area contributed by atoms with Crippen molar-refractivity contribution in [3.05, 3.63) is 45.8 Å². The predicted octanol–water partition coefficient (Wildman–Crippen LogP) is 5.44. The Morgan fingerprint density at radius 1 is 1.07 bits per heavy atom. The molecule has 1 aliphatic carbocycles. The van der Waals surface area contributed by atoms with Crippen molar-refractivity contribution in [2.75, 3.05) is 0 Å². The van der Waals surface area contributed by atoms with Crippen LogP contribution in [0.4, 0.5) is 0 Å². The molecule has 146 valence electrons. The fraction of sp³-hybridized carbons (Fsp3) is 0.478. The van der Waals surface area contributed by atoms with E-state index in [4.69, 9.17) is 16.3 Å². The van der Waals surface area contributed by atoms with E-state index >= 15 is 0 Å². The lowest BCUT2D eigenvalue weighted by Gasteiger charge is -2.28. The number of rotatable bonds is 3. The number of carbonyl (C=O) groups excluding carboxylic acids is 2. The van der Waals surface area contributed by atoms with Gasteiger partial charge >= 0.3 is 0 Å². The second-order valence-electron chi connectivity index (χ2n) is 8.79. The number of hydrogen-bond acceptors (Lipinski definition) is 4. The summed E-state index contributed by atoms with van der Waals surface area (Å²) in [6.45, 7) is 6.10. The van der Waals surface area contributed by atoms with E-state index in [2.05, 4.69) is 19.1 Å². The van der Waals surface area contributed by atoms with Crippen LogP contribution < -0.4 is 0 Å². The smallest absolute Gasteiger partial charge is 0.154 e. The summed E-state index contributed by atoms with van der Waals surface area (Å²) in [5, 5.41) is 0. The van der Waals surface area contributed by atoms with Crippen molar-refractivity contribution in [2.24, 2.45) is 11.8 Å². The van der Waals surface area contributed by atoms with Crippen molar-refractivity contribution in [2.45, 2.75) is 57.2 Å². The molecule has 2 saturated heterocycles. The average molecular weight is 415 g/mol. The topological polar surface area (TPSA) is 43.4 Å². The summed E-state index contributed by atoms with van der Waals surface area (Å²) >= 11 is 7.62. The van der Waals surface area contributed by atoms with E-state index in [0.717, 1.165) is 45.2 Å². The maximum atomic E-state index is 13.5. The maximum Gasteiger partial charge on any atom is 0.154 e. The molecule has 3 aliphatic rings. The molecule has 0 N–H and O–H groups in total. The zero-order valence-electron chi connectivity index (χ0n) is 16.3. The number of thiophene rings is 1. The Morgan fingerprint density at radius 3 is 2.25 bits per heavy atom. The molecule has 3 nitrogen and oxygen atoms in total. The van der Waals surface area contributed by atoms with Crippen molar-refractivity contribution < 1.29 is 14.3 Å². The van der Waals surface area contributed by atoms with E-state index < -0.39 is 17.1 Å². The molecule has 1 unspecified atom stereocenters. The molecule has 3 fully saturated rings. The first-order chi connectivity index (χ1) is 13.3. The number of ketones is 2. The minimum Gasteiger partial charge on any atom is -0.368 e. The van der Waals surface area contributed by atoms with Gasteiger partial charge in [-0.25, -0.2) is 0 Å². The number of fused-ring (bicyclic) bond motifs is 5. The molecule has 2 bridgehead atoms. The second-order valence-corrected chi connectivity index (χ2v) is 10.5. The highest BCUT2D eigenvalue weighted by Gasteiger charge is 2.72. The van der Waals surface area contributed by atoms with E-state index in [-0.39, 0.29) is 23.4 Å². The summed E-state index contributed by atoms with van der Waals surface area (Å²) in [4.78, 5) is 28.1. The number of ether oxygens (including phenoxy) is 1. The summed E-state index contributed by atoms with van der Waals surface area (Å²) in [5.74, 6) is -1.18. The van der Waals surface area contributed by atoms with Gasteiger partial charge in [-0.2, -0.15) is 0 Å². The molecular weight excluding hydrogens is 392 g/mol. The van der Waals surface area contributed by atoms with E-state index in [0.29, 0.717) is 0 Å². The molecule has 0 spiro atoms. The minimum absolute atomic E-state index is 0.0528. The predicted molar refractivity (Wildman–Crippen MR) is 111 cm³/mol. The lowest BCUT2D eigenvalue weighted by Crippen LogP contribution is -2.40. The van der Waals surface area contributed by atoms with Crippen molar-refractivity contribution in [3.8, 4) is 10.4 Å². The minimum atomic E-state index is -0.666. The van der Waals surface area contributed by atoms with E-state index in [1.165, 1.54) is 11.3 Å². The van der Waals surface area contributed by atoms with Gasteiger partial charge in [0.15, 0.2) is 11.6 Å². The Morgan fingerprint density at radius 2 is 1.71 bits per heavy atom. The normalized spacial score (nSPS) is 36.4. The fourth-order valence-electron chi connectivity index (χ4n) is 5.82. The quantitative estimate of drug-likeness (QED) is 0.628. The van der Waals surface area contributed by atoms with Gasteiger partial charge in [0.25, 0.3) is 0 Å². The van der Waals surface area contributed by atoms with Gasteiger partial charge in [0.05, 0.1) is 27.4 Å². The van der Waals surface area contributed by atoms with Crippen LogP contribution in [0.25, 0.3) is 10.4 Å². The summed E-state index contributed by atoms with van der Waals surface area (Å²) in [7, 11) is 0. The molecule has 1 aromatic carbocycles. The summed E-state index contributed by atoms with van der Waals surface area (Å²) in [6, 6.07) is 10.0. The fourth-order valence-corrected chi connectivity index (χ4v) is 6.86. The van der Waals surface area contributed by atoms with Crippen molar-refractivity contribution in [1.29, 1.82) is 0 Å². The van der Waals surface area contributed by atoms with Gasteiger partial charge in [-0.1, -0.05) is 30.7 Å². The van der Waals surface area contributed by atoms with Crippen LogP contribution in [0.5, 0.6) is 0 Å². The SMILES string of the molecule is CCc1ccc(-c2ccc(Cl)s2)cc1C1C(=O)[C@@H]2[C@H](C1=O)[C@@]1(C)CC[C@]2(C)O1. The Balaban J connectivity index is 1.61. The molecule has 0 radical (unpaired) electrons. The van der Waals surface area contributed by atoms with Gasteiger partial charge in [-0.15, -0.1) is 11.3 Å². The Bertz CT molecular complexity index is 977. The zero-order chi connectivity index (χ0) is 19.8. The second kappa shape index (κ2) is 6.01. The summed E-state index contributed by atoms with van der Waals surface area (Å²) in [5.41, 5.74) is 1.97. The molecule has 5 heteroatoms. The molecule has 3 heterocycles. The zero-order valence-corrected chi connectivity index (χ0v) is 17.8. The number of hydrogen-bond donors (Lipinski definition) is 0. The molecule has 28 heavy (non-hydrogen) atoms. The van der Waals surface area contributed by atoms with Crippen molar-refractivity contribution >= 4 is 34.5 Å². The number of aryl methyl sites for hydroxylation is 1. The number of carbonyl (C=O) groups is 2. The molecule has 2 aromatic rings. The van der Waals surface area contributed by atoms with Crippen LogP contribution in [-0.4, -0.2) is 22.8 Å². The Kier molecular flexibility index (Phi) is 3.98. The first-order valence-corrected chi connectivity index (χ1v) is 11.1. The molecule has 5 rings (SSSR count). The van der Waals surface area contributed by atoms with E-state index in [1.807, 2.05) is 32.0 Å². The maximum absolute atomic E-state index is 13.5. The molecule has 5 atom stereocenters. The Hall–Kier alpha value is -1.49. The third-order valence-electron chi connectivity index (χ3n) is 7.11. The third-order valence-corrected chi connectivity index (χ3v) is 8.39. The van der Waals surface area contributed by atoms with Gasteiger partial charge in [0, 0.05) is 4.88 Å². The third kappa shape index (κ3) is 2.38. The van der Waals surface area contributed by atoms with Crippen LogP contribution in [-0.2, 0) is 20.7 Å². The van der Waals surface area contributed by atoms with Crippen molar-refractivity contribution in [1.82, 2.24) is 0 Å². The first-order valence-electron chi connectivity index (χ1n) is 9.93. The highest BCUT2D eigenvalue weighted by molar-refractivity contribution is 7.19. The lowest BCUT2D eigenvalue weighted by molar-refractivity contribution is -0.132. The molecule has 0 amide bonds.